The molecule has 0 aliphatic carbocycles. The van der Waals surface area contributed by atoms with Crippen molar-refractivity contribution in [3.63, 3.8) is 0 Å². The highest BCUT2D eigenvalue weighted by molar-refractivity contribution is 6.05. The number of nitrogens with one attached hydrogen (secondary N) is 2. The second kappa shape index (κ2) is 17.4. The number of nitrogens with zero attached hydrogens (tertiary/aromatic N) is 8. The van der Waals surface area contributed by atoms with Crippen LogP contribution in [0.3, 0.4) is 0 Å². The molecule has 22 heteroatoms. The number of anilines is 2. The summed E-state index contributed by atoms with van der Waals surface area (Å²) in [6.07, 6.45) is -1.35. The van der Waals surface area contributed by atoms with Crippen molar-refractivity contribution in [2.75, 3.05) is 10.6 Å². The first-order chi connectivity index (χ1) is 27.9. The van der Waals surface area contributed by atoms with Crippen LogP contribution in [0.15, 0.2) is 54.6 Å². The van der Waals surface area contributed by atoms with Crippen LogP contribution in [-0.2, 0) is 37.5 Å². The van der Waals surface area contributed by atoms with Gasteiger partial charge in [0, 0.05) is 43.9 Å². The number of alkyl halides is 3. The minimum absolute atomic E-state index is 0.0794. The van der Waals surface area contributed by atoms with Crippen LogP contribution in [0, 0.1) is 13.8 Å². The van der Waals surface area contributed by atoms with Crippen molar-refractivity contribution in [2.45, 2.75) is 66.6 Å². The zero-order valence-electron chi connectivity index (χ0n) is 32.2. The van der Waals surface area contributed by atoms with Crippen molar-refractivity contribution in [3.8, 4) is 0 Å². The number of carboxylic acid groups (broad SMARTS) is 1. The molecule has 0 aliphatic rings. The lowest BCUT2D eigenvalue weighted by atomic mass is 10.1. The van der Waals surface area contributed by atoms with E-state index < -0.39 is 35.8 Å². The standard InChI is InChI=1S/C35H39N13O4.C2HF3O2/c1-5-47-27(13-19(3)43-47)32(51)41-34-39-24-16-21(30(37)49)9-10-26(24)45(34)11-7-8-12-46-29-23(18-36)15-22(31(38)50)17-25(29)40-35(46)42-33(52)28-14-20(4)44-48(28)6-2;3-2(4,5)1(6)7/h7-10,13-17H,5-6,11-12,18,36H2,1-4H3,(H2,37,49)(H2,38,50)(H,39,41,51)(H,40,42,52);(H,6,7)/b8-7+;. The van der Waals surface area contributed by atoms with E-state index in [0.29, 0.717) is 63.5 Å². The van der Waals surface area contributed by atoms with Crippen LogP contribution in [-0.4, -0.2) is 79.5 Å². The fourth-order valence-corrected chi connectivity index (χ4v) is 6.12. The topological polar surface area (TPSA) is 279 Å². The zero-order valence-corrected chi connectivity index (χ0v) is 32.2. The van der Waals surface area contributed by atoms with Crippen LogP contribution >= 0.6 is 0 Å². The Bertz CT molecular complexity index is 2630. The number of nitrogens with two attached hydrogens (primary N) is 3. The predicted octanol–water partition coefficient (Wildman–Crippen LogP) is 3.49. The van der Waals surface area contributed by atoms with E-state index in [1.807, 2.05) is 32.9 Å². The maximum absolute atomic E-state index is 13.5. The van der Waals surface area contributed by atoms with Crippen molar-refractivity contribution in [2.24, 2.45) is 17.2 Å². The van der Waals surface area contributed by atoms with Gasteiger partial charge >= 0.3 is 12.1 Å². The number of aryl methyl sites for hydroxylation is 4. The molecule has 4 amide bonds. The Hall–Kier alpha value is -7.36. The van der Waals surface area contributed by atoms with E-state index in [1.165, 1.54) is 0 Å². The molecule has 0 unspecified atom stereocenters. The number of carbonyl (C=O) groups is 5. The average Bonchev–Trinajstić information content (AvgIpc) is 3.94. The Kier molecular flexibility index (Phi) is 12.6. The highest BCUT2D eigenvalue weighted by Crippen LogP contribution is 2.27. The van der Waals surface area contributed by atoms with Crippen molar-refractivity contribution >= 4 is 63.6 Å². The lowest BCUT2D eigenvalue weighted by molar-refractivity contribution is -0.192. The first-order valence-electron chi connectivity index (χ1n) is 17.9. The van der Waals surface area contributed by atoms with Gasteiger partial charge in [0.1, 0.15) is 11.4 Å². The van der Waals surface area contributed by atoms with Gasteiger partial charge in [-0.2, -0.15) is 23.4 Å². The molecule has 59 heavy (non-hydrogen) atoms. The molecule has 0 saturated carbocycles. The van der Waals surface area contributed by atoms with Crippen LogP contribution in [0.2, 0.25) is 0 Å². The van der Waals surface area contributed by atoms with Gasteiger partial charge in [0.25, 0.3) is 11.8 Å². The second-order valence-corrected chi connectivity index (χ2v) is 12.9. The molecular weight excluding hydrogens is 779 g/mol. The van der Waals surface area contributed by atoms with Gasteiger partial charge in [0.2, 0.25) is 23.7 Å². The quantitative estimate of drug-likeness (QED) is 0.0918. The van der Waals surface area contributed by atoms with Crippen molar-refractivity contribution in [3.05, 3.63) is 94.1 Å². The number of hydrogen-bond acceptors (Lipinski definition) is 10. The summed E-state index contributed by atoms with van der Waals surface area (Å²) >= 11 is 0. The molecule has 0 spiro atoms. The van der Waals surface area contributed by atoms with Crippen LogP contribution in [0.4, 0.5) is 25.1 Å². The molecular formula is C37H40F3N13O6. The maximum atomic E-state index is 13.5. The Morgan fingerprint density at radius 2 is 1.22 bits per heavy atom. The van der Waals surface area contributed by atoms with Gasteiger partial charge in [0.15, 0.2) is 0 Å². The van der Waals surface area contributed by atoms with Crippen LogP contribution in [0.25, 0.3) is 22.1 Å². The van der Waals surface area contributed by atoms with Gasteiger partial charge < -0.3 is 31.4 Å². The number of imidazole rings is 2. The van der Waals surface area contributed by atoms with Crippen molar-refractivity contribution in [1.82, 2.24) is 38.7 Å². The van der Waals surface area contributed by atoms with E-state index in [0.717, 1.165) is 0 Å². The lowest BCUT2D eigenvalue weighted by Gasteiger charge is -2.11. The number of halogens is 3. The second-order valence-electron chi connectivity index (χ2n) is 12.9. The Morgan fingerprint density at radius 1 is 0.746 bits per heavy atom. The number of fused-ring (bicyclic) bond motifs is 2. The summed E-state index contributed by atoms with van der Waals surface area (Å²) in [5, 5.41) is 21.7. The van der Waals surface area contributed by atoms with E-state index in [9.17, 15) is 32.3 Å². The number of aromatic nitrogens is 8. The van der Waals surface area contributed by atoms with Gasteiger partial charge in [-0.15, -0.1) is 0 Å². The van der Waals surface area contributed by atoms with Gasteiger partial charge in [-0.25, -0.2) is 14.8 Å². The molecule has 0 bridgehead atoms. The minimum Gasteiger partial charge on any atom is -0.475 e. The van der Waals surface area contributed by atoms with E-state index in [-0.39, 0.29) is 42.7 Å². The fourth-order valence-electron chi connectivity index (χ4n) is 6.12. The van der Waals surface area contributed by atoms with Crippen molar-refractivity contribution in [1.29, 1.82) is 0 Å². The largest absolute Gasteiger partial charge is 0.490 e. The summed E-state index contributed by atoms with van der Waals surface area (Å²) in [5.41, 5.74) is 22.7. The average molecular weight is 820 g/mol. The molecule has 6 rings (SSSR count). The number of hydrogen-bond donors (Lipinski definition) is 6. The summed E-state index contributed by atoms with van der Waals surface area (Å²) < 4.78 is 38.5. The number of carbonyl (C=O) groups excluding carboxylic acids is 4. The molecule has 4 aromatic heterocycles. The Morgan fingerprint density at radius 3 is 1.69 bits per heavy atom. The summed E-state index contributed by atoms with van der Waals surface area (Å²) in [6, 6.07) is 11.5. The van der Waals surface area contributed by atoms with E-state index >= 15 is 0 Å². The maximum Gasteiger partial charge on any atom is 0.490 e. The van der Waals surface area contributed by atoms with Crippen LogP contribution < -0.4 is 27.8 Å². The number of aliphatic carboxylic acids is 1. The summed E-state index contributed by atoms with van der Waals surface area (Å²) in [7, 11) is 0. The van der Waals surface area contributed by atoms with Gasteiger partial charge in [-0.05, 0) is 75.7 Å². The molecule has 9 N–H and O–H groups in total. The minimum atomic E-state index is -5.08. The third kappa shape index (κ3) is 9.44. The fraction of sp³-hybridized carbons (Fsp3) is 0.270. The number of amides is 4. The SMILES string of the molecule is CCn1nc(C)cc1C(=O)Nc1nc2cc(C(N)=O)ccc2n1C/C=C/Cn1c(NC(=O)c2cc(C)nn2CC)nc2cc(C(N)=O)cc(CN)c21.O=C(O)C(F)(F)F. The Balaban J connectivity index is 0.000000867. The highest BCUT2D eigenvalue weighted by Gasteiger charge is 2.38. The molecule has 0 saturated heterocycles. The first kappa shape index (κ1) is 42.8. The monoisotopic (exact) mass is 819 g/mol. The van der Waals surface area contributed by atoms with Gasteiger partial charge in [-0.1, -0.05) is 12.2 Å². The molecule has 2 aromatic carbocycles. The molecule has 6 aromatic rings. The molecule has 4 heterocycles. The first-order valence-corrected chi connectivity index (χ1v) is 17.9. The van der Waals surface area contributed by atoms with Gasteiger partial charge in [-0.3, -0.25) is 39.2 Å². The summed E-state index contributed by atoms with van der Waals surface area (Å²) in [4.78, 5) is 69.1. The Labute approximate surface area is 332 Å². The summed E-state index contributed by atoms with van der Waals surface area (Å²) in [6.45, 7) is 8.96. The molecule has 19 nitrogen and oxygen atoms in total. The lowest BCUT2D eigenvalue weighted by Crippen LogP contribution is -2.21. The molecule has 0 fully saturated rings. The smallest absolute Gasteiger partial charge is 0.475 e. The zero-order chi connectivity index (χ0) is 43.3. The highest BCUT2D eigenvalue weighted by atomic mass is 19.4. The number of allylic oxidation sites excluding steroid dienone is 2. The van der Waals surface area contributed by atoms with E-state index in [4.69, 9.17) is 27.1 Å². The third-order valence-corrected chi connectivity index (χ3v) is 8.76. The molecule has 0 atom stereocenters. The van der Waals surface area contributed by atoms with Crippen molar-refractivity contribution < 1.29 is 42.3 Å². The number of carboxylic acids is 1. The molecule has 0 aliphatic heterocycles. The molecule has 0 radical (unpaired) electrons. The molecule has 310 valence electrons. The normalized spacial score (nSPS) is 11.5. The van der Waals surface area contributed by atoms with Crippen LogP contribution in [0.5, 0.6) is 0 Å². The van der Waals surface area contributed by atoms with E-state index in [1.54, 1.807) is 67.9 Å². The van der Waals surface area contributed by atoms with E-state index in [2.05, 4.69) is 30.8 Å². The third-order valence-electron chi connectivity index (χ3n) is 8.76. The predicted molar refractivity (Wildman–Crippen MR) is 208 cm³/mol. The number of primary amides is 2. The number of rotatable bonds is 13. The number of benzene rings is 2. The van der Waals surface area contributed by atoms with Crippen LogP contribution in [0.1, 0.15) is 72.5 Å². The van der Waals surface area contributed by atoms with Gasteiger partial charge in [0.05, 0.1) is 33.5 Å². The summed E-state index contributed by atoms with van der Waals surface area (Å²) in [5.74, 6) is -4.32.